The van der Waals surface area contributed by atoms with Crippen molar-refractivity contribution in [3.05, 3.63) is 59.1 Å². The van der Waals surface area contributed by atoms with Gasteiger partial charge in [0.15, 0.2) is 5.82 Å². The summed E-state index contributed by atoms with van der Waals surface area (Å²) in [6.07, 6.45) is -1.10. The predicted molar refractivity (Wildman–Crippen MR) is 133 cm³/mol. The van der Waals surface area contributed by atoms with E-state index in [0.29, 0.717) is 0 Å². The number of carbonyl (C=O) groups is 1. The number of aryl methyl sites for hydroxylation is 1. The van der Waals surface area contributed by atoms with Gasteiger partial charge in [-0.25, -0.2) is 17.8 Å². The van der Waals surface area contributed by atoms with Gasteiger partial charge in [0.25, 0.3) is 5.91 Å². The zero-order valence-electron chi connectivity index (χ0n) is 20.0. The highest BCUT2D eigenvalue weighted by Crippen LogP contribution is 2.29. The summed E-state index contributed by atoms with van der Waals surface area (Å²) < 4.78 is 84.4. The molecule has 9 nitrogen and oxygen atoms in total. The molecule has 1 aromatic carbocycles. The minimum atomic E-state index is -4.29. The minimum Gasteiger partial charge on any atom is -0.486 e. The maximum Gasteiger partial charge on any atom is 0.401 e. The Morgan fingerprint density at radius 2 is 1.87 bits per heavy atom. The molecule has 38 heavy (non-hydrogen) atoms. The van der Waals surface area contributed by atoms with Crippen molar-refractivity contribution in [2.75, 3.05) is 35.9 Å². The van der Waals surface area contributed by atoms with Crippen LogP contribution in [-0.2, 0) is 17.1 Å². The highest BCUT2D eigenvalue weighted by molar-refractivity contribution is 7.92. The number of likely N-dealkylation sites (tertiary alicyclic amines) is 1. The summed E-state index contributed by atoms with van der Waals surface area (Å²) in [6.45, 7) is -0.896. The number of nitrogens with zero attached hydrogens (tertiary/aromatic N) is 3. The molecule has 0 atom stereocenters. The van der Waals surface area contributed by atoms with E-state index >= 15 is 0 Å². The Bertz CT molecular complexity index is 1470. The molecule has 0 bridgehead atoms. The average Bonchev–Trinajstić information content (AvgIpc) is 3.11. The van der Waals surface area contributed by atoms with Crippen molar-refractivity contribution in [2.45, 2.75) is 12.3 Å². The highest BCUT2D eigenvalue weighted by Gasteiger charge is 2.38. The number of hydrogen-bond donors (Lipinski definition) is 2. The molecular weight excluding hydrogens is 554 g/mol. The van der Waals surface area contributed by atoms with Crippen molar-refractivity contribution in [3.8, 4) is 17.1 Å². The summed E-state index contributed by atoms with van der Waals surface area (Å²) >= 11 is 6.03. The van der Waals surface area contributed by atoms with Gasteiger partial charge >= 0.3 is 6.18 Å². The lowest BCUT2D eigenvalue weighted by Crippen LogP contribution is -2.56. The first-order valence-electron chi connectivity index (χ1n) is 11.0. The fraction of sp³-hybridized carbons (Fsp3) is 0.304. The van der Waals surface area contributed by atoms with Gasteiger partial charge in [0.1, 0.15) is 17.5 Å². The van der Waals surface area contributed by atoms with E-state index in [1.807, 2.05) is 0 Å². The first-order chi connectivity index (χ1) is 17.6. The summed E-state index contributed by atoms with van der Waals surface area (Å²) in [5.41, 5.74) is 0.779. The number of pyridine rings is 1. The Hall–Kier alpha value is -3.36. The van der Waals surface area contributed by atoms with Gasteiger partial charge in [0, 0.05) is 43.1 Å². The van der Waals surface area contributed by atoms with E-state index in [0.717, 1.165) is 12.3 Å². The largest absolute Gasteiger partial charge is 0.486 e. The zero-order valence-corrected chi connectivity index (χ0v) is 21.6. The Morgan fingerprint density at radius 3 is 2.50 bits per heavy atom. The molecule has 0 aliphatic carbocycles. The third-order valence-corrected chi connectivity index (χ3v) is 6.24. The summed E-state index contributed by atoms with van der Waals surface area (Å²) in [6, 6.07) is 6.71. The van der Waals surface area contributed by atoms with Crippen molar-refractivity contribution in [1.82, 2.24) is 14.5 Å². The van der Waals surface area contributed by atoms with Gasteiger partial charge in [-0.15, -0.1) is 0 Å². The summed E-state index contributed by atoms with van der Waals surface area (Å²) in [7, 11) is -1.97. The molecule has 2 N–H and O–H groups in total. The van der Waals surface area contributed by atoms with Crippen LogP contribution in [0.4, 0.5) is 28.9 Å². The Labute approximate surface area is 220 Å². The van der Waals surface area contributed by atoms with Crippen LogP contribution in [0, 0.1) is 5.82 Å². The number of nitrogens with one attached hydrogen (secondary N) is 2. The van der Waals surface area contributed by atoms with Crippen molar-refractivity contribution in [2.24, 2.45) is 7.05 Å². The summed E-state index contributed by atoms with van der Waals surface area (Å²) in [5.74, 6) is -1.23. The van der Waals surface area contributed by atoms with E-state index in [1.165, 1.54) is 46.1 Å². The van der Waals surface area contributed by atoms with E-state index in [4.69, 9.17) is 16.3 Å². The lowest BCUT2D eigenvalue weighted by Gasteiger charge is -2.39. The first-order valence-corrected chi connectivity index (χ1v) is 13.3. The molecule has 0 spiro atoms. The van der Waals surface area contributed by atoms with E-state index < -0.39 is 40.6 Å². The van der Waals surface area contributed by atoms with Crippen LogP contribution in [-0.4, -0.2) is 66.9 Å². The van der Waals surface area contributed by atoms with Crippen LogP contribution in [0.5, 0.6) is 5.75 Å². The second-order valence-corrected chi connectivity index (χ2v) is 11.0. The molecule has 1 amide bonds. The van der Waals surface area contributed by atoms with Crippen LogP contribution in [0.1, 0.15) is 10.4 Å². The predicted octanol–water partition coefficient (Wildman–Crippen LogP) is 4.13. The second kappa shape index (κ2) is 10.4. The van der Waals surface area contributed by atoms with Crippen LogP contribution < -0.4 is 14.8 Å². The second-order valence-electron chi connectivity index (χ2n) is 8.83. The number of rotatable bonds is 8. The van der Waals surface area contributed by atoms with E-state index in [-0.39, 0.29) is 52.2 Å². The van der Waals surface area contributed by atoms with Gasteiger partial charge in [-0.05, 0) is 24.3 Å². The van der Waals surface area contributed by atoms with Crippen LogP contribution >= 0.6 is 11.6 Å². The molecule has 15 heteroatoms. The fourth-order valence-electron chi connectivity index (χ4n) is 3.91. The Kier molecular flexibility index (Phi) is 7.59. The van der Waals surface area contributed by atoms with Crippen molar-refractivity contribution in [1.29, 1.82) is 0 Å². The molecule has 1 aliphatic heterocycles. The number of halogens is 5. The SMILES string of the molecule is Cn1cc(C(=O)Nc2cc(Cl)cc(NS(C)(=O)=O)c2)cc1-c1ncc(OC2CN(CC(F)(F)F)C2)cc1F. The van der Waals surface area contributed by atoms with Gasteiger partial charge in [-0.1, -0.05) is 11.6 Å². The van der Waals surface area contributed by atoms with Crippen molar-refractivity contribution in [3.63, 3.8) is 0 Å². The molecule has 1 aliphatic rings. The van der Waals surface area contributed by atoms with Gasteiger partial charge < -0.3 is 14.6 Å². The monoisotopic (exact) mass is 575 g/mol. The molecule has 3 heterocycles. The smallest absolute Gasteiger partial charge is 0.401 e. The number of anilines is 2. The summed E-state index contributed by atoms with van der Waals surface area (Å²) in [5, 5.41) is 2.80. The van der Waals surface area contributed by atoms with Gasteiger partial charge in [-0.2, -0.15) is 13.2 Å². The lowest BCUT2D eigenvalue weighted by atomic mass is 10.1. The van der Waals surface area contributed by atoms with Crippen LogP contribution in [0.2, 0.25) is 5.02 Å². The molecule has 4 rings (SSSR count). The van der Waals surface area contributed by atoms with Gasteiger partial charge in [0.05, 0.1) is 35.9 Å². The van der Waals surface area contributed by atoms with E-state index in [9.17, 15) is 30.8 Å². The number of sulfonamides is 1. The number of carbonyl (C=O) groups excluding carboxylic acids is 1. The number of aromatic nitrogens is 2. The molecule has 204 valence electrons. The molecule has 2 aromatic heterocycles. The van der Waals surface area contributed by atoms with Crippen molar-refractivity contribution < 1.29 is 35.5 Å². The zero-order chi connectivity index (χ0) is 27.8. The quantitative estimate of drug-likeness (QED) is 0.391. The molecule has 1 saturated heterocycles. The number of ether oxygens (including phenoxy) is 1. The molecule has 3 aromatic rings. The number of amides is 1. The van der Waals surface area contributed by atoms with Crippen LogP contribution in [0.25, 0.3) is 11.4 Å². The Balaban J connectivity index is 1.44. The molecule has 1 fully saturated rings. The van der Waals surface area contributed by atoms with E-state index in [2.05, 4.69) is 15.0 Å². The van der Waals surface area contributed by atoms with E-state index in [1.54, 1.807) is 7.05 Å². The third kappa shape index (κ3) is 7.14. The minimum absolute atomic E-state index is 0.0615. The number of alkyl halides is 3. The first kappa shape index (κ1) is 27.7. The normalized spacial score (nSPS) is 14.7. The number of benzene rings is 1. The maximum atomic E-state index is 14.9. The topological polar surface area (TPSA) is 106 Å². The molecule has 0 saturated carbocycles. The van der Waals surface area contributed by atoms with Gasteiger partial charge in [0.2, 0.25) is 10.0 Å². The average molecular weight is 576 g/mol. The molecule has 0 radical (unpaired) electrons. The third-order valence-electron chi connectivity index (χ3n) is 5.41. The standard InChI is InChI=1S/C23H22ClF4N5O4S/c1-32-9-13(22(34)30-15-4-14(24)5-16(6-15)31-38(2,35)36)3-20(32)21-19(25)7-17(8-29-21)37-18-10-33(11-18)12-23(26,27)28/h3-9,18,31H,10-12H2,1-2H3,(H,30,34). The highest BCUT2D eigenvalue weighted by atomic mass is 35.5. The van der Waals surface area contributed by atoms with Gasteiger partial charge in [-0.3, -0.25) is 14.4 Å². The lowest BCUT2D eigenvalue weighted by molar-refractivity contribution is -0.162. The van der Waals surface area contributed by atoms with Crippen LogP contribution in [0.15, 0.2) is 42.7 Å². The maximum absolute atomic E-state index is 14.9. The number of hydrogen-bond acceptors (Lipinski definition) is 6. The van der Waals surface area contributed by atoms with Crippen LogP contribution in [0.3, 0.4) is 0 Å². The summed E-state index contributed by atoms with van der Waals surface area (Å²) in [4.78, 5) is 18.1. The molecular formula is C23H22ClF4N5O4S. The fourth-order valence-corrected chi connectivity index (χ4v) is 4.69. The molecule has 0 unspecified atom stereocenters. The van der Waals surface area contributed by atoms with Crippen molar-refractivity contribution >= 4 is 38.9 Å². The Morgan fingerprint density at radius 1 is 1.18 bits per heavy atom.